The van der Waals surface area contributed by atoms with Crippen LogP contribution >= 0.6 is 11.5 Å². The van der Waals surface area contributed by atoms with E-state index in [1.54, 1.807) is 11.5 Å². The van der Waals surface area contributed by atoms with Gasteiger partial charge < -0.3 is 5.32 Å². The van der Waals surface area contributed by atoms with Gasteiger partial charge in [-0.1, -0.05) is 76.1 Å². The fraction of sp³-hybridized carbons (Fsp3) is 0.882. The normalized spacial score (nSPS) is 12.7. The summed E-state index contributed by atoms with van der Waals surface area (Å²) in [5.74, 6) is 0. The van der Waals surface area contributed by atoms with Crippen LogP contribution in [0, 0.1) is 0 Å². The number of nitrogens with one attached hydrogen (secondary N) is 1. The summed E-state index contributed by atoms with van der Waals surface area (Å²) in [7, 11) is 2.06. The molecule has 0 saturated heterocycles. The summed E-state index contributed by atoms with van der Waals surface area (Å²) in [6.07, 6.45) is 14.5. The van der Waals surface area contributed by atoms with Gasteiger partial charge in [0.05, 0.1) is 10.6 Å². The van der Waals surface area contributed by atoms with Gasteiger partial charge in [0.2, 0.25) is 0 Å². The van der Waals surface area contributed by atoms with Gasteiger partial charge in [-0.25, -0.2) is 0 Å². The molecule has 4 heteroatoms. The predicted molar refractivity (Wildman–Crippen MR) is 92.9 cm³/mol. The molecular weight excluding hydrogens is 278 g/mol. The van der Waals surface area contributed by atoms with Gasteiger partial charge in [-0.15, -0.1) is 5.10 Å². The first-order valence-electron chi connectivity index (χ1n) is 8.81. The minimum Gasteiger partial charge on any atom is -0.312 e. The second kappa shape index (κ2) is 12.1. The van der Waals surface area contributed by atoms with E-state index in [1.165, 1.54) is 68.4 Å². The molecule has 1 aromatic rings. The van der Waals surface area contributed by atoms with Crippen LogP contribution in [0.4, 0.5) is 0 Å². The molecule has 0 fully saturated rings. The van der Waals surface area contributed by atoms with Crippen LogP contribution in [0.25, 0.3) is 0 Å². The number of nitrogens with zero attached hydrogens (tertiary/aromatic N) is 2. The van der Waals surface area contributed by atoms with Crippen molar-refractivity contribution in [3.63, 3.8) is 0 Å². The molecule has 21 heavy (non-hydrogen) atoms. The number of hydrogen-bond donors (Lipinski definition) is 1. The maximum Gasteiger partial charge on any atom is 0.0803 e. The Kier molecular flexibility index (Phi) is 10.7. The highest BCUT2D eigenvalue weighted by Crippen LogP contribution is 2.26. The Hall–Kier alpha value is -0.480. The fourth-order valence-corrected chi connectivity index (χ4v) is 3.62. The van der Waals surface area contributed by atoms with Crippen LogP contribution in [0.15, 0.2) is 0 Å². The first kappa shape index (κ1) is 18.6. The average Bonchev–Trinajstić information content (AvgIpc) is 2.94. The Morgan fingerprint density at radius 2 is 1.62 bits per heavy atom. The highest BCUT2D eigenvalue weighted by molar-refractivity contribution is 7.05. The first-order chi connectivity index (χ1) is 10.3. The van der Waals surface area contributed by atoms with Crippen molar-refractivity contribution in [2.24, 2.45) is 0 Å². The summed E-state index contributed by atoms with van der Waals surface area (Å²) in [6.45, 7) is 4.48. The number of aryl methyl sites for hydroxylation is 1. The van der Waals surface area contributed by atoms with Crippen LogP contribution in [0.3, 0.4) is 0 Å². The molecular formula is C17H33N3S. The lowest BCUT2D eigenvalue weighted by molar-refractivity contribution is 0.496. The molecule has 3 nitrogen and oxygen atoms in total. The van der Waals surface area contributed by atoms with E-state index < -0.39 is 0 Å². The smallest absolute Gasteiger partial charge is 0.0803 e. The molecule has 1 atom stereocenters. The third-order valence-corrected chi connectivity index (χ3v) is 4.96. The van der Waals surface area contributed by atoms with E-state index >= 15 is 0 Å². The maximum absolute atomic E-state index is 4.29. The lowest BCUT2D eigenvalue weighted by Crippen LogP contribution is -2.16. The standard InChI is InChI=1S/C17H33N3S/c1-4-6-7-8-9-10-11-12-14-15(18-3)17-16(13-5-2)19-20-21-17/h15,18H,4-14H2,1-3H3. The molecule has 0 spiro atoms. The minimum atomic E-state index is 0.451. The number of aromatic nitrogens is 2. The zero-order chi connectivity index (χ0) is 15.3. The van der Waals surface area contributed by atoms with E-state index in [0.717, 1.165) is 12.8 Å². The molecule has 0 radical (unpaired) electrons. The number of unbranched alkanes of at least 4 members (excludes halogenated alkanes) is 7. The van der Waals surface area contributed by atoms with Crippen LogP contribution in [-0.2, 0) is 6.42 Å². The van der Waals surface area contributed by atoms with Crippen molar-refractivity contribution >= 4 is 11.5 Å². The van der Waals surface area contributed by atoms with Crippen LogP contribution in [0.1, 0.15) is 94.7 Å². The summed E-state index contributed by atoms with van der Waals surface area (Å²) in [6, 6.07) is 0.451. The molecule has 0 aromatic carbocycles. The van der Waals surface area contributed by atoms with E-state index in [0.29, 0.717) is 6.04 Å². The number of rotatable bonds is 13. The summed E-state index contributed by atoms with van der Waals surface area (Å²) in [5.41, 5.74) is 1.21. The van der Waals surface area contributed by atoms with Crippen molar-refractivity contribution < 1.29 is 0 Å². The van der Waals surface area contributed by atoms with Crippen LogP contribution in [0.2, 0.25) is 0 Å². The van der Waals surface area contributed by atoms with E-state index in [-0.39, 0.29) is 0 Å². The molecule has 0 amide bonds. The van der Waals surface area contributed by atoms with Crippen molar-refractivity contribution in [2.75, 3.05) is 7.05 Å². The third kappa shape index (κ3) is 7.37. The lowest BCUT2D eigenvalue weighted by Gasteiger charge is -2.15. The van der Waals surface area contributed by atoms with Crippen LogP contribution < -0.4 is 5.32 Å². The summed E-state index contributed by atoms with van der Waals surface area (Å²) in [5, 5.41) is 7.74. The van der Waals surface area contributed by atoms with Gasteiger partial charge in [0.1, 0.15) is 0 Å². The molecule has 122 valence electrons. The third-order valence-electron chi connectivity index (χ3n) is 4.08. The first-order valence-corrected chi connectivity index (χ1v) is 9.59. The minimum absolute atomic E-state index is 0.451. The van der Waals surface area contributed by atoms with Crippen molar-refractivity contribution in [2.45, 2.75) is 90.5 Å². The van der Waals surface area contributed by atoms with E-state index in [9.17, 15) is 0 Å². The van der Waals surface area contributed by atoms with Gasteiger partial charge in [0.15, 0.2) is 0 Å². The van der Waals surface area contributed by atoms with E-state index in [4.69, 9.17) is 0 Å². The monoisotopic (exact) mass is 311 g/mol. The highest BCUT2D eigenvalue weighted by atomic mass is 32.1. The maximum atomic E-state index is 4.29. The number of hydrogen-bond acceptors (Lipinski definition) is 4. The van der Waals surface area contributed by atoms with Gasteiger partial charge in [-0.2, -0.15) is 0 Å². The topological polar surface area (TPSA) is 37.8 Å². The van der Waals surface area contributed by atoms with Gasteiger partial charge in [0, 0.05) is 6.04 Å². The average molecular weight is 312 g/mol. The van der Waals surface area contributed by atoms with Gasteiger partial charge in [-0.05, 0) is 31.4 Å². The van der Waals surface area contributed by atoms with Crippen molar-refractivity contribution in [1.82, 2.24) is 14.9 Å². The molecule has 0 bridgehead atoms. The molecule has 0 aliphatic heterocycles. The van der Waals surface area contributed by atoms with Gasteiger partial charge in [0.25, 0.3) is 0 Å². The molecule has 1 heterocycles. The van der Waals surface area contributed by atoms with Gasteiger partial charge >= 0.3 is 0 Å². The second-order valence-electron chi connectivity index (χ2n) is 5.94. The lowest BCUT2D eigenvalue weighted by atomic mass is 10.0. The Balaban J connectivity index is 2.20. The summed E-state index contributed by atoms with van der Waals surface area (Å²) in [4.78, 5) is 1.36. The van der Waals surface area contributed by atoms with E-state index in [1.807, 2.05) is 0 Å². The Morgan fingerprint density at radius 3 is 2.24 bits per heavy atom. The zero-order valence-electron chi connectivity index (χ0n) is 14.2. The Labute approximate surface area is 135 Å². The molecule has 1 aromatic heterocycles. The molecule has 0 aliphatic rings. The van der Waals surface area contributed by atoms with Crippen molar-refractivity contribution in [1.29, 1.82) is 0 Å². The quantitative estimate of drug-likeness (QED) is 0.503. The summed E-state index contributed by atoms with van der Waals surface area (Å²) < 4.78 is 4.15. The highest BCUT2D eigenvalue weighted by Gasteiger charge is 2.16. The van der Waals surface area contributed by atoms with Crippen molar-refractivity contribution in [3.05, 3.63) is 10.6 Å². The molecule has 0 aliphatic carbocycles. The fourth-order valence-electron chi connectivity index (χ4n) is 2.78. The molecule has 1 N–H and O–H groups in total. The molecule has 0 saturated carbocycles. The van der Waals surface area contributed by atoms with Crippen molar-refractivity contribution in [3.8, 4) is 0 Å². The molecule has 1 rings (SSSR count). The predicted octanol–water partition coefficient (Wildman–Crippen LogP) is 5.28. The zero-order valence-corrected chi connectivity index (χ0v) is 15.0. The molecule has 1 unspecified atom stereocenters. The Morgan fingerprint density at radius 1 is 0.952 bits per heavy atom. The van der Waals surface area contributed by atoms with Crippen LogP contribution in [-0.4, -0.2) is 16.6 Å². The second-order valence-corrected chi connectivity index (χ2v) is 6.72. The summed E-state index contributed by atoms with van der Waals surface area (Å²) >= 11 is 1.58. The Bertz CT molecular complexity index is 352. The van der Waals surface area contributed by atoms with Crippen LogP contribution in [0.5, 0.6) is 0 Å². The van der Waals surface area contributed by atoms with E-state index in [2.05, 4.69) is 35.8 Å². The van der Waals surface area contributed by atoms with Gasteiger partial charge in [-0.3, -0.25) is 0 Å². The largest absolute Gasteiger partial charge is 0.312 e. The SMILES string of the molecule is CCCCCCCCCCC(NC)c1snnc1CCC.